The molecule has 0 aromatic heterocycles. The van der Waals surface area contributed by atoms with Crippen molar-refractivity contribution in [1.82, 2.24) is 5.32 Å². The molecule has 4 nitrogen and oxygen atoms in total. The molecule has 98 valence electrons. The Labute approximate surface area is 99.3 Å². The molecule has 0 rings (SSSR count). The second kappa shape index (κ2) is 8.01. The van der Waals surface area contributed by atoms with E-state index in [2.05, 4.69) is 19.2 Å². The Morgan fingerprint density at radius 1 is 1.31 bits per heavy atom. The van der Waals surface area contributed by atoms with Crippen LogP contribution >= 0.6 is 0 Å². The van der Waals surface area contributed by atoms with Crippen molar-refractivity contribution in [3.8, 4) is 0 Å². The van der Waals surface area contributed by atoms with Gasteiger partial charge >= 0.3 is 0 Å². The molecule has 0 heterocycles. The first-order chi connectivity index (χ1) is 7.43. The van der Waals surface area contributed by atoms with E-state index in [9.17, 15) is 5.11 Å². The summed E-state index contributed by atoms with van der Waals surface area (Å²) in [6.07, 6.45) is 0.0554. The van der Waals surface area contributed by atoms with Crippen molar-refractivity contribution in [1.29, 1.82) is 0 Å². The summed E-state index contributed by atoms with van der Waals surface area (Å²) in [5, 5.41) is 12.7. The third-order valence-electron chi connectivity index (χ3n) is 2.23. The Hall–Kier alpha value is -0.160. The quantitative estimate of drug-likeness (QED) is 0.628. The summed E-state index contributed by atoms with van der Waals surface area (Å²) in [5.74, 6) is 0. The van der Waals surface area contributed by atoms with Gasteiger partial charge in [-0.15, -0.1) is 0 Å². The molecule has 0 aromatic rings. The molecular formula is C12H27NO3. The highest BCUT2D eigenvalue weighted by atomic mass is 16.5. The van der Waals surface area contributed by atoms with E-state index < -0.39 is 0 Å². The van der Waals surface area contributed by atoms with E-state index in [1.165, 1.54) is 0 Å². The molecule has 0 fully saturated rings. The van der Waals surface area contributed by atoms with Crippen molar-refractivity contribution in [2.24, 2.45) is 0 Å². The second-order valence-corrected chi connectivity index (χ2v) is 4.80. The third-order valence-corrected chi connectivity index (χ3v) is 2.23. The fourth-order valence-electron chi connectivity index (χ4n) is 1.49. The van der Waals surface area contributed by atoms with Crippen LogP contribution in [0.15, 0.2) is 0 Å². The van der Waals surface area contributed by atoms with E-state index in [-0.39, 0.29) is 18.2 Å². The molecule has 0 spiro atoms. The lowest BCUT2D eigenvalue weighted by molar-refractivity contribution is -0.0368. The Kier molecular flexibility index (Phi) is 7.93. The van der Waals surface area contributed by atoms with Gasteiger partial charge in [0.05, 0.1) is 31.5 Å². The Morgan fingerprint density at radius 2 is 1.94 bits per heavy atom. The van der Waals surface area contributed by atoms with Gasteiger partial charge in [-0.1, -0.05) is 13.8 Å². The molecule has 16 heavy (non-hydrogen) atoms. The predicted molar refractivity (Wildman–Crippen MR) is 65.7 cm³/mol. The van der Waals surface area contributed by atoms with Crippen LogP contribution in [0.3, 0.4) is 0 Å². The third kappa shape index (κ3) is 7.17. The van der Waals surface area contributed by atoms with Gasteiger partial charge in [0, 0.05) is 12.6 Å². The Morgan fingerprint density at radius 3 is 2.38 bits per heavy atom. The maximum atomic E-state index is 9.35. The number of hydrogen-bond acceptors (Lipinski definition) is 4. The Balaban J connectivity index is 3.93. The fraction of sp³-hybridized carbons (Fsp3) is 1.00. The van der Waals surface area contributed by atoms with Crippen LogP contribution in [0.5, 0.6) is 0 Å². The topological polar surface area (TPSA) is 50.7 Å². The fourth-order valence-corrected chi connectivity index (χ4v) is 1.49. The summed E-state index contributed by atoms with van der Waals surface area (Å²) in [6, 6.07) is 0.322. The van der Waals surface area contributed by atoms with Crippen molar-refractivity contribution in [2.75, 3.05) is 26.4 Å². The molecule has 4 heteroatoms. The van der Waals surface area contributed by atoms with Crippen molar-refractivity contribution in [3.63, 3.8) is 0 Å². The molecular weight excluding hydrogens is 206 g/mol. The zero-order valence-corrected chi connectivity index (χ0v) is 11.2. The number of ether oxygens (including phenoxy) is 2. The van der Waals surface area contributed by atoms with Gasteiger partial charge in [0.1, 0.15) is 0 Å². The van der Waals surface area contributed by atoms with Crippen molar-refractivity contribution in [2.45, 2.75) is 52.3 Å². The minimum Gasteiger partial charge on any atom is -0.394 e. The summed E-state index contributed by atoms with van der Waals surface area (Å²) in [5.41, 5.74) is -0.380. The molecule has 2 atom stereocenters. The summed E-state index contributed by atoms with van der Waals surface area (Å²) >= 11 is 0. The van der Waals surface area contributed by atoms with Gasteiger partial charge in [-0.25, -0.2) is 0 Å². The lowest BCUT2D eigenvalue weighted by Crippen LogP contribution is -2.53. The van der Waals surface area contributed by atoms with Gasteiger partial charge < -0.3 is 19.9 Å². The molecule has 0 radical (unpaired) electrons. The normalized spacial score (nSPS) is 17.4. The molecule has 0 aliphatic carbocycles. The molecule has 2 unspecified atom stereocenters. The van der Waals surface area contributed by atoms with Crippen molar-refractivity contribution >= 4 is 0 Å². The molecule has 0 amide bonds. The van der Waals surface area contributed by atoms with Crippen molar-refractivity contribution < 1.29 is 14.6 Å². The van der Waals surface area contributed by atoms with Crippen LogP contribution in [0, 0.1) is 0 Å². The van der Waals surface area contributed by atoms with Crippen LogP contribution < -0.4 is 5.32 Å². The highest BCUT2D eigenvalue weighted by molar-refractivity contribution is 4.84. The number of hydrogen-bond donors (Lipinski definition) is 2. The van der Waals surface area contributed by atoms with E-state index in [1.807, 2.05) is 20.8 Å². The van der Waals surface area contributed by atoms with Gasteiger partial charge in [0.15, 0.2) is 0 Å². The van der Waals surface area contributed by atoms with Crippen LogP contribution in [0.1, 0.15) is 34.6 Å². The van der Waals surface area contributed by atoms with Gasteiger partial charge in [0.2, 0.25) is 0 Å². The minimum atomic E-state index is -0.380. The first kappa shape index (κ1) is 15.8. The highest BCUT2D eigenvalue weighted by Crippen LogP contribution is 2.07. The number of rotatable bonds is 9. The zero-order chi connectivity index (χ0) is 12.6. The summed E-state index contributed by atoms with van der Waals surface area (Å²) in [6.45, 7) is 11.8. The highest BCUT2D eigenvalue weighted by Gasteiger charge is 2.25. The van der Waals surface area contributed by atoms with Crippen LogP contribution in [0.25, 0.3) is 0 Å². The van der Waals surface area contributed by atoms with Gasteiger partial charge in [-0.3, -0.25) is 0 Å². The lowest BCUT2D eigenvalue weighted by atomic mass is 10.0. The van der Waals surface area contributed by atoms with Crippen LogP contribution in [-0.4, -0.2) is 49.2 Å². The standard InChI is InChI=1S/C12H27NO3/c1-6-15-7-11(4)16-9-12(5,8-14)13-10(2)3/h10-11,13-14H,6-9H2,1-5H3. The maximum Gasteiger partial charge on any atom is 0.0781 e. The molecule has 0 bridgehead atoms. The van der Waals surface area contributed by atoms with Crippen LogP contribution in [-0.2, 0) is 9.47 Å². The van der Waals surface area contributed by atoms with Crippen LogP contribution in [0.2, 0.25) is 0 Å². The summed E-state index contributed by atoms with van der Waals surface area (Å²) in [7, 11) is 0. The molecule has 0 aliphatic rings. The monoisotopic (exact) mass is 233 g/mol. The van der Waals surface area contributed by atoms with Crippen LogP contribution in [0.4, 0.5) is 0 Å². The van der Waals surface area contributed by atoms with E-state index in [4.69, 9.17) is 9.47 Å². The number of aliphatic hydroxyl groups excluding tert-OH is 1. The van der Waals surface area contributed by atoms with Crippen molar-refractivity contribution in [3.05, 3.63) is 0 Å². The first-order valence-corrected chi connectivity index (χ1v) is 6.01. The maximum absolute atomic E-state index is 9.35. The Bertz CT molecular complexity index is 176. The average molecular weight is 233 g/mol. The smallest absolute Gasteiger partial charge is 0.0781 e. The van der Waals surface area contributed by atoms with E-state index in [0.29, 0.717) is 25.9 Å². The molecule has 0 aliphatic heterocycles. The van der Waals surface area contributed by atoms with Gasteiger partial charge in [-0.2, -0.15) is 0 Å². The SMILES string of the molecule is CCOCC(C)OCC(C)(CO)NC(C)C. The predicted octanol–water partition coefficient (Wildman–Crippen LogP) is 1.18. The molecule has 0 saturated heterocycles. The van der Waals surface area contributed by atoms with E-state index in [0.717, 1.165) is 0 Å². The summed E-state index contributed by atoms with van der Waals surface area (Å²) < 4.78 is 10.9. The van der Waals surface area contributed by atoms with E-state index in [1.54, 1.807) is 0 Å². The number of aliphatic hydroxyl groups is 1. The number of nitrogens with one attached hydrogen (secondary N) is 1. The zero-order valence-electron chi connectivity index (χ0n) is 11.2. The molecule has 2 N–H and O–H groups in total. The van der Waals surface area contributed by atoms with Gasteiger partial charge in [-0.05, 0) is 20.8 Å². The largest absolute Gasteiger partial charge is 0.394 e. The lowest BCUT2D eigenvalue weighted by Gasteiger charge is -2.32. The minimum absolute atomic E-state index is 0.0554. The second-order valence-electron chi connectivity index (χ2n) is 4.80. The first-order valence-electron chi connectivity index (χ1n) is 6.01. The molecule has 0 aromatic carbocycles. The molecule has 0 saturated carbocycles. The average Bonchev–Trinajstić information content (AvgIpc) is 2.22. The summed E-state index contributed by atoms with van der Waals surface area (Å²) in [4.78, 5) is 0. The van der Waals surface area contributed by atoms with Gasteiger partial charge in [0.25, 0.3) is 0 Å². The van der Waals surface area contributed by atoms with E-state index >= 15 is 0 Å².